The number of nitrogens with zero attached hydrogens (tertiary/aromatic N) is 1. The fraction of sp³-hybridized carbons (Fsp3) is 0.667. The van der Waals surface area contributed by atoms with E-state index in [4.69, 9.17) is 25.5 Å². The molecule has 1 saturated heterocycles. The van der Waals surface area contributed by atoms with E-state index in [1.165, 1.54) is 6.26 Å². The maximum absolute atomic E-state index is 5.58. The molecule has 0 bridgehead atoms. The van der Waals surface area contributed by atoms with Crippen molar-refractivity contribution in [3.05, 3.63) is 12.0 Å². The molecular formula is C9H12ClNO3. The minimum atomic E-state index is 0.158. The van der Waals surface area contributed by atoms with Gasteiger partial charge in [0.25, 0.3) is 0 Å². The molecule has 14 heavy (non-hydrogen) atoms. The Morgan fingerprint density at radius 1 is 1.50 bits per heavy atom. The van der Waals surface area contributed by atoms with E-state index in [9.17, 15) is 0 Å². The summed E-state index contributed by atoms with van der Waals surface area (Å²) in [5.74, 6) is 0.348. The van der Waals surface area contributed by atoms with Crippen LogP contribution < -0.4 is 4.74 Å². The van der Waals surface area contributed by atoms with Crippen LogP contribution in [0.25, 0.3) is 0 Å². The van der Waals surface area contributed by atoms with Gasteiger partial charge in [0, 0.05) is 12.8 Å². The van der Waals surface area contributed by atoms with Crippen LogP contribution >= 0.6 is 11.6 Å². The van der Waals surface area contributed by atoms with Crippen molar-refractivity contribution in [1.82, 2.24) is 4.98 Å². The molecule has 5 heteroatoms. The molecule has 0 amide bonds. The Morgan fingerprint density at radius 2 is 2.29 bits per heavy atom. The molecule has 1 aliphatic rings. The molecule has 0 spiro atoms. The number of aromatic nitrogens is 1. The van der Waals surface area contributed by atoms with Crippen LogP contribution in [0.5, 0.6) is 6.08 Å². The average molecular weight is 218 g/mol. The Kier molecular flexibility index (Phi) is 3.26. The first kappa shape index (κ1) is 9.80. The summed E-state index contributed by atoms with van der Waals surface area (Å²) < 4.78 is 15.8. The number of hydrogen-bond donors (Lipinski definition) is 0. The summed E-state index contributed by atoms with van der Waals surface area (Å²) in [4.78, 5) is 4.06. The van der Waals surface area contributed by atoms with Gasteiger partial charge >= 0.3 is 6.08 Å². The maximum Gasteiger partial charge on any atom is 0.394 e. The topological polar surface area (TPSA) is 44.5 Å². The van der Waals surface area contributed by atoms with E-state index in [0.717, 1.165) is 26.1 Å². The first-order valence-corrected chi connectivity index (χ1v) is 5.16. The highest BCUT2D eigenvalue weighted by Crippen LogP contribution is 2.17. The minimum Gasteiger partial charge on any atom is -0.447 e. The van der Waals surface area contributed by atoms with Gasteiger partial charge in [-0.1, -0.05) is 0 Å². The van der Waals surface area contributed by atoms with Crippen LogP contribution in [-0.4, -0.2) is 24.3 Å². The Balaban J connectivity index is 1.89. The van der Waals surface area contributed by atoms with Crippen molar-refractivity contribution in [3.63, 3.8) is 0 Å². The highest BCUT2D eigenvalue weighted by Gasteiger charge is 2.17. The summed E-state index contributed by atoms with van der Waals surface area (Å²) in [6.07, 6.45) is 3.76. The third-order valence-electron chi connectivity index (χ3n) is 2.10. The lowest BCUT2D eigenvalue weighted by molar-refractivity contribution is 0.0133. The van der Waals surface area contributed by atoms with E-state index in [1.807, 2.05) is 0 Å². The average Bonchev–Trinajstić information content (AvgIpc) is 2.67. The van der Waals surface area contributed by atoms with Gasteiger partial charge in [0.2, 0.25) is 0 Å². The van der Waals surface area contributed by atoms with Crippen molar-refractivity contribution < 1.29 is 13.9 Å². The number of ether oxygens (including phenoxy) is 2. The van der Waals surface area contributed by atoms with E-state index in [1.54, 1.807) is 0 Å². The predicted molar refractivity (Wildman–Crippen MR) is 50.5 cm³/mol. The molecule has 0 saturated carbocycles. The lowest BCUT2D eigenvalue weighted by Crippen LogP contribution is -2.25. The first-order chi connectivity index (χ1) is 6.88. The first-order valence-electron chi connectivity index (χ1n) is 4.63. The molecule has 78 valence electrons. The molecule has 1 fully saturated rings. The van der Waals surface area contributed by atoms with E-state index in [2.05, 4.69) is 4.98 Å². The molecule has 0 aromatic carbocycles. The monoisotopic (exact) mass is 217 g/mol. The Labute approximate surface area is 87.2 Å². The molecule has 1 aromatic rings. The lowest BCUT2D eigenvalue weighted by atomic mass is 10.2. The van der Waals surface area contributed by atoms with E-state index < -0.39 is 0 Å². The largest absolute Gasteiger partial charge is 0.447 e. The number of alkyl halides is 1. The van der Waals surface area contributed by atoms with Crippen LogP contribution in [0.1, 0.15) is 18.5 Å². The Bertz CT molecular complexity index is 283. The quantitative estimate of drug-likeness (QED) is 0.727. The smallest absolute Gasteiger partial charge is 0.394 e. The van der Waals surface area contributed by atoms with Crippen molar-refractivity contribution in [2.75, 3.05) is 13.2 Å². The van der Waals surface area contributed by atoms with Gasteiger partial charge in [0.05, 0.1) is 24.8 Å². The normalized spacial score (nSPS) is 18.4. The van der Waals surface area contributed by atoms with Gasteiger partial charge < -0.3 is 13.9 Å². The fourth-order valence-electron chi connectivity index (χ4n) is 1.34. The van der Waals surface area contributed by atoms with E-state index >= 15 is 0 Å². The van der Waals surface area contributed by atoms with Gasteiger partial charge in [-0.15, -0.1) is 11.6 Å². The van der Waals surface area contributed by atoms with Crippen molar-refractivity contribution in [2.45, 2.75) is 24.8 Å². The number of oxazole rings is 1. The predicted octanol–water partition coefficient (Wildman–Crippen LogP) is 1.97. The Hall–Kier alpha value is -0.740. The number of hydrogen-bond acceptors (Lipinski definition) is 4. The summed E-state index contributed by atoms with van der Waals surface area (Å²) in [5, 5.41) is 0. The molecule has 4 nitrogen and oxygen atoms in total. The van der Waals surface area contributed by atoms with Crippen molar-refractivity contribution >= 4 is 11.6 Å². The second-order valence-electron chi connectivity index (χ2n) is 3.17. The third kappa shape index (κ3) is 2.39. The van der Waals surface area contributed by atoms with Crippen molar-refractivity contribution in [3.8, 4) is 6.08 Å². The van der Waals surface area contributed by atoms with Crippen LogP contribution in [-0.2, 0) is 10.6 Å². The highest BCUT2D eigenvalue weighted by atomic mass is 35.5. The summed E-state index contributed by atoms with van der Waals surface area (Å²) >= 11 is 5.58. The molecule has 1 aliphatic heterocycles. The zero-order chi connectivity index (χ0) is 9.80. The van der Waals surface area contributed by atoms with Crippen molar-refractivity contribution in [1.29, 1.82) is 0 Å². The molecule has 0 aliphatic carbocycles. The standard InChI is InChI=1S/C9H12ClNO3/c10-5-7-6-13-9(11-7)14-8-1-3-12-4-2-8/h6,8H,1-5H2. The lowest BCUT2D eigenvalue weighted by Gasteiger charge is -2.20. The summed E-state index contributed by atoms with van der Waals surface area (Å²) in [5.41, 5.74) is 0.703. The molecule has 0 radical (unpaired) electrons. The van der Waals surface area contributed by atoms with Crippen LogP contribution in [0.3, 0.4) is 0 Å². The summed E-state index contributed by atoms with van der Waals surface area (Å²) in [6, 6.07) is 0. The maximum atomic E-state index is 5.58. The zero-order valence-corrected chi connectivity index (χ0v) is 8.50. The van der Waals surface area contributed by atoms with E-state index in [0.29, 0.717) is 17.7 Å². The van der Waals surface area contributed by atoms with Gasteiger partial charge in [0.15, 0.2) is 0 Å². The van der Waals surface area contributed by atoms with Gasteiger partial charge in [-0.25, -0.2) is 0 Å². The van der Waals surface area contributed by atoms with Gasteiger partial charge in [0.1, 0.15) is 12.4 Å². The molecule has 0 unspecified atom stereocenters. The molecule has 0 atom stereocenters. The van der Waals surface area contributed by atoms with Gasteiger partial charge in [-0.2, -0.15) is 4.98 Å². The van der Waals surface area contributed by atoms with Crippen molar-refractivity contribution in [2.24, 2.45) is 0 Å². The minimum absolute atomic E-state index is 0.158. The zero-order valence-electron chi connectivity index (χ0n) is 7.74. The molecular weight excluding hydrogens is 206 g/mol. The van der Waals surface area contributed by atoms with Gasteiger partial charge in [-0.05, 0) is 0 Å². The Morgan fingerprint density at radius 3 is 2.93 bits per heavy atom. The summed E-state index contributed by atoms with van der Waals surface area (Å²) in [7, 11) is 0. The molecule has 2 rings (SSSR count). The second-order valence-corrected chi connectivity index (χ2v) is 3.44. The second kappa shape index (κ2) is 4.66. The molecule has 0 N–H and O–H groups in total. The van der Waals surface area contributed by atoms with E-state index in [-0.39, 0.29) is 6.10 Å². The van der Waals surface area contributed by atoms with Crippen LogP contribution in [0.4, 0.5) is 0 Å². The summed E-state index contributed by atoms with van der Waals surface area (Å²) in [6.45, 7) is 1.49. The highest BCUT2D eigenvalue weighted by molar-refractivity contribution is 6.16. The third-order valence-corrected chi connectivity index (χ3v) is 2.38. The molecule has 2 heterocycles. The van der Waals surface area contributed by atoms with Crippen LogP contribution in [0.15, 0.2) is 10.7 Å². The number of rotatable bonds is 3. The van der Waals surface area contributed by atoms with Crippen LogP contribution in [0.2, 0.25) is 0 Å². The molecule has 1 aromatic heterocycles. The van der Waals surface area contributed by atoms with Crippen LogP contribution in [0, 0.1) is 0 Å². The SMILES string of the molecule is ClCc1coc(OC2CCOCC2)n1. The van der Waals surface area contributed by atoms with Gasteiger partial charge in [-0.3, -0.25) is 0 Å². The number of halogens is 1. The fourth-order valence-corrected chi connectivity index (χ4v) is 1.46.